The van der Waals surface area contributed by atoms with Crippen LogP contribution in [0.5, 0.6) is 0 Å². The number of H-pyrrole nitrogens is 1. The van der Waals surface area contributed by atoms with Gasteiger partial charge in [0.05, 0.1) is 64.7 Å². The van der Waals surface area contributed by atoms with Gasteiger partial charge in [0.1, 0.15) is 0 Å². The quantitative estimate of drug-likeness (QED) is 0.0872. The van der Waals surface area contributed by atoms with Crippen LogP contribution in [-0.2, 0) is 36.6 Å². The summed E-state index contributed by atoms with van der Waals surface area (Å²) in [7, 11) is -2.95. The fourth-order valence-corrected chi connectivity index (χ4v) is 4.96. The number of carbonyl (C=O) groups excluding carboxylic acids is 3. The van der Waals surface area contributed by atoms with Gasteiger partial charge >= 0.3 is 30.1 Å². The minimum absolute atomic E-state index is 0.0477. The summed E-state index contributed by atoms with van der Waals surface area (Å²) in [6, 6.07) is 5.58. The molecule has 0 atom stereocenters. The van der Waals surface area contributed by atoms with E-state index in [2.05, 4.69) is 35.1 Å². The van der Waals surface area contributed by atoms with Gasteiger partial charge in [-0.05, 0) is 50.2 Å². The lowest BCUT2D eigenvalue weighted by atomic mass is 9.98. The maximum Gasteiger partial charge on any atom is 0.427 e. The summed E-state index contributed by atoms with van der Waals surface area (Å²) in [5.74, 6) is -1.63. The zero-order valence-electron chi connectivity index (χ0n) is 28.4. The van der Waals surface area contributed by atoms with E-state index >= 15 is 0 Å². The van der Waals surface area contributed by atoms with Gasteiger partial charge in [-0.25, -0.2) is 33.1 Å². The Kier molecular flexibility index (Phi) is 12.9. The summed E-state index contributed by atoms with van der Waals surface area (Å²) in [5.41, 5.74) is -5.13. The monoisotopic (exact) mass is 790 g/mol. The Morgan fingerprint density at radius 1 is 0.981 bits per heavy atom. The van der Waals surface area contributed by atoms with E-state index in [0.29, 0.717) is 18.4 Å². The molecule has 2 aromatic heterocycles. The maximum atomic E-state index is 13.5. The number of hydrogen-bond acceptors (Lipinski definition) is 12. The standard InChI is InChI=1S/C16H18F3N3O5.C14H10F3N5O4S/c1-5-27-15(25)22-21-8(2)10-6-11(14(24)26-4)13(20-9(3)23)7-12(10)16(17,18)19;1-27(25,26)21-22-12(23)8-5-7(10-3-2-4-18-20-10)9(14(15,16)17)6-11(8)19-13(22)24/h6-7H,5H2,1-4H3,(H,20,23)(H,22,25);2-6,21H,1H3,(H,19,24). The third-order valence-electron chi connectivity index (χ3n) is 6.61. The summed E-state index contributed by atoms with van der Waals surface area (Å²) in [5, 5.41) is 12.5. The van der Waals surface area contributed by atoms with Crippen molar-refractivity contribution in [2.45, 2.75) is 33.1 Å². The fourth-order valence-electron chi connectivity index (χ4n) is 4.46. The summed E-state index contributed by atoms with van der Waals surface area (Å²) < 4.78 is 113. The van der Waals surface area contributed by atoms with Crippen molar-refractivity contribution in [2.75, 3.05) is 30.1 Å². The van der Waals surface area contributed by atoms with Crippen LogP contribution in [0.1, 0.15) is 47.8 Å². The number of fused-ring (bicyclic) bond motifs is 1. The van der Waals surface area contributed by atoms with Crippen molar-refractivity contribution in [3.05, 3.63) is 85.7 Å². The van der Waals surface area contributed by atoms with Crippen molar-refractivity contribution in [2.24, 2.45) is 5.10 Å². The molecule has 17 nitrogen and oxygen atoms in total. The Bertz CT molecular complexity index is 2340. The lowest BCUT2D eigenvalue weighted by Gasteiger charge is -2.17. The number of ether oxygens (including phenoxy) is 2. The smallest absolute Gasteiger partial charge is 0.427 e. The van der Waals surface area contributed by atoms with Gasteiger partial charge in [0.15, 0.2) is 0 Å². The molecule has 2 heterocycles. The number of hydrogen-bond donors (Lipinski definition) is 4. The molecule has 2 amide bonds. The number of hydrazone groups is 1. The van der Waals surface area contributed by atoms with Crippen molar-refractivity contribution in [3.63, 3.8) is 0 Å². The number of anilines is 1. The number of benzene rings is 2. The lowest BCUT2D eigenvalue weighted by Crippen LogP contribution is -2.43. The van der Waals surface area contributed by atoms with Crippen LogP contribution < -0.4 is 26.8 Å². The third kappa shape index (κ3) is 10.6. The first-order chi connectivity index (χ1) is 25.0. The van der Waals surface area contributed by atoms with E-state index in [-0.39, 0.29) is 39.3 Å². The summed E-state index contributed by atoms with van der Waals surface area (Å²) >= 11 is 0. The first kappa shape index (κ1) is 42.1. The van der Waals surface area contributed by atoms with E-state index in [4.69, 9.17) is 0 Å². The number of aromatic nitrogens is 4. The Labute approximate surface area is 299 Å². The number of alkyl halides is 6. The van der Waals surface area contributed by atoms with Crippen LogP contribution >= 0.6 is 0 Å². The van der Waals surface area contributed by atoms with Gasteiger partial charge in [0.2, 0.25) is 15.9 Å². The van der Waals surface area contributed by atoms with Gasteiger partial charge < -0.3 is 19.8 Å². The van der Waals surface area contributed by atoms with E-state index < -0.39 is 79.4 Å². The first-order valence-corrected chi connectivity index (χ1v) is 16.6. The Hall–Kier alpha value is -6.33. The highest BCUT2D eigenvalue weighted by Crippen LogP contribution is 2.38. The molecule has 290 valence electrons. The van der Waals surface area contributed by atoms with Gasteiger partial charge in [0.25, 0.3) is 5.56 Å². The number of sulfonamides is 1. The van der Waals surface area contributed by atoms with Crippen molar-refractivity contribution in [1.29, 1.82) is 0 Å². The molecule has 0 spiro atoms. The minimum Gasteiger partial charge on any atom is -0.465 e. The minimum atomic E-state index is -4.82. The number of nitrogens with zero attached hydrogens (tertiary/aromatic N) is 4. The molecule has 4 aromatic rings. The predicted octanol–water partition coefficient (Wildman–Crippen LogP) is 3.59. The van der Waals surface area contributed by atoms with Crippen LogP contribution in [0.3, 0.4) is 0 Å². The summed E-state index contributed by atoms with van der Waals surface area (Å²) in [6.07, 6.45) is -8.61. The van der Waals surface area contributed by atoms with E-state index in [1.165, 1.54) is 25.3 Å². The SMILES string of the molecule is CCOC(=O)NN=C(C)c1cc(C(=O)OC)c(NC(C)=O)cc1C(F)(F)F.CS(=O)(=O)Nn1c(=O)[nH]c2cc(C(F)(F)F)c(-c3cccnn3)cc2c1=O. The molecule has 54 heavy (non-hydrogen) atoms. The molecule has 0 aliphatic heterocycles. The van der Waals surface area contributed by atoms with Crippen LogP contribution in [-0.4, -0.2) is 71.9 Å². The van der Waals surface area contributed by atoms with E-state index in [9.17, 15) is 58.7 Å². The van der Waals surface area contributed by atoms with Crippen molar-refractivity contribution < 1.29 is 58.6 Å². The van der Waals surface area contributed by atoms with Crippen LogP contribution in [0.15, 0.2) is 57.3 Å². The molecule has 4 rings (SSSR count). The molecule has 24 heteroatoms. The van der Waals surface area contributed by atoms with Crippen molar-refractivity contribution in [3.8, 4) is 11.3 Å². The second-order valence-corrected chi connectivity index (χ2v) is 12.4. The molecule has 0 saturated heterocycles. The molecule has 0 radical (unpaired) electrons. The molecule has 0 bridgehead atoms. The van der Waals surface area contributed by atoms with Crippen molar-refractivity contribution in [1.82, 2.24) is 25.3 Å². The fraction of sp³-hybridized carbons (Fsp3) is 0.267. The van der Waals surface area contributed by atoms with E-state index in [0.717, 1.165) is 26.2 Å². The number of esters is 1. The average molecular weight is 791 g/mol. The van der Waals surface area contributed by atoms with E-state index in [1.807, 2.05) is 5.43 Å². The van der Waals surface area contributed by atoms with E-state index in [1.54, 1.807) is 11.8 Å². The molecule has 0 aliphatic rings. The lowest BCUT2D eigenvalue weighted by molar-refractivity contribution is -0.138. The molecule has 2 aromatic carbocycles. The van der Waals surface area contributed by atoms with Crippen LogP contribution in [0.25, 0.3) is 22.2 Å². The second kappa shape index (κ2) is 16.6. The van der Waals surface area contributed by atoms with Gasteiger partial charge in [0, 0.05) is 24.2 Å². The number of halogens is 6. The zero-order chi connectivity index (χ0) is 40.8. The average Bonchev–Trinajstić information content (AvgIpc) is 3.07. The van der Waals surface area contributed by atoms with Gasteiger partial charge in [-0.15, -0.1) is 0 Å². The Balaban J connectivity index is 0.000000290. The van der Waals surface area contributed by atoms with Crippen molar-refractivity contribution >= 4 is 50.3 Å². The highest BCUT2D eigenvalue weighted by molar-refractivity contribution is 7.91. The van der Waals surface area contributed by atoms with Crippen LogP contribution in [0.2, 0.25) is 0 Å². The predicted molar refractivity (Wildman–Crippen MR) is 179 cm³/mol. The summed E-state index contributed by atoms with van der Waals surface area (Å²) in [6.45, 7) is 3.88. The molecular formula is C30H28F6N8O9S. The normalized spacial score (nSPS) is 11.9. The number of methoxy groups -OCH3 is 1. The number of amides is 2. The van der Waals surface area contributed by atoms with Gasteiger partial charge in [-0.3, -0.25) is 9.59 Å². The number of rotatable bonds is 8. The third-order valence-corrected chi connectivity index (χ3v) is 7.12. The molecule has 4 N–H and O–H groups in total. The Morgan fingerprint density at radius 2 is 1.63 bits per heavy atom. The summed E-state index contributed by atoms with van der Waals surface area (Å²) in [4.78, 5) is 62.6. The second-order valence-electron chi connectivity index (χ2n) is 10.6. The molecular weight excluding hydrogens is 762 g/mol. The highest BCUT2D eigenvalue weighted by Gasteiger charge is 2.37. The first-order valence-electron chi connectivity index (χ1n) is 14.7. The largest absolute Gasteiger partial charge is 0.465 e. The Morgan fingerprint density at radius 3 is 2.15 bits per heavy atom. The molecule has 0 saturated carbocycles. The topological polar surface area (TPSA) is 233 Å². The van der Waals surface area contributed by atoms with Crippen LogP contribution in [0.4, 0.5) is 36.8 Å². The molecule has 0 aliphatic carbocycles. The molecule has 0 fully saturated rings. The number of aromatic amines is 1. The van der Waals surface area contributed by atoms with Crippen LogP contribution in [0, 0.1) is 0 Å². The number of nitrogens with one attached hydrogen (secondary N) is 4. The van der Waals surface area contributed by atoms with Gasteiger partial charge in [-0.1, -0.05) is 0 Å². The van der Waals surface area contributed by atoms with Gasteiger partial charge in [-0.2, -0.15) is 46.3 Å². The highest BCUT2D eigenvalue weighted by atomic mass is 32.2. The maximum absolute atomic E-state index is 13.5. The zero-order valence-corrected chi connectivity index (χ0v) is 29.2. The number of carbonyl (C=O) groups is 3. The molecule has 0 unspecified atom stereocenters.